The summed E-state index contributed by atoms with van der Waals surface area (Å²) in [6, 6.07) is 1.69. The lowest BCUT2D eigenvalue weighted by Crippen LogP contribution is -1.95. The van der Waals surface area contributed by atoms with E-state index >= 15 is 0 Å². The Morgan fingerprint density at radius 1 is 1.54 bits per heavy atom. The van der Waals surface area contributed by atoms with Gasteiger partial charge in [0.1, 0.15) is 11.0 Å². The van der Waals surface area contributed by atoms with Crippen molar-refractivity contribution in [1.29, 1.82) is 0 Å². The Hall–Kier alpha value is -0.280. The Kier molecular flexibility index (Phi) is 4.53. The first-order valence-corrected chi connectivity index (χ1v) is 5.77. The third-order valence-electron chi connectivity index (χ3n) is 1.35. The number of aromatic nitrogens is 2. The van der Waals surface area contributed by atoms with Gasteiger partial charge in [0.15, 0.2) is 0 Å². The maximum atomic E-state index is 5.73. The fourth-order valence-electron chi connectivity index (χ4n) is 0.830. The molecule has 2 nitrogen and oxygen atoms in total. The van der Waals surface area contributed by atoms with Gasteiger partial charge in [0.25, 0.3) is 0 Å². The summed E-state index contributed by atoms with van der Waals surface area (Å²) in [4.78, 5) is 8.22. The van der Waals surface area contributed by atoms with E-state index in [2.05, 4.69) is 23.8 Å². The summed E-state index contributed by atoms with van der Waals surface area (Å²) in [5.74, 6) is 3.51. The van der Waals surface area contributed by atoms with Gasteiger partial charge in [-0.25, -0.2) is 9.97 Å². The number of rotatable bonds is 4. The summed E-state index contributed by atoms with van der Waals surface area (Å²) in [6.45, 7) is 4.40. The molecule has 0 radical (unpaired) electrons. The van der Waals surface area contributed by atoms with Crippen LogP contribution in [0.3, 0.4) is 0 Å². The smallest absolute Gasteiger partial charge is 0.139 e. The highest BCUT2D eigenvalue weighted by molar-refractivity contribution is 7.98. The number of hydrogen-bond donors (Lipinski definition) is 0. The molecule has 0 aliphatic heterocycles. The molecule has 0 aliphatic carbocycles. The van der Waals surface area contributed by atoms with Crippen LogP contribution in [-0.2, 0) is 5.75 Å². The monoisotopic (exact) mass is 216 g/mol. The van der Waals surface area contributed by atoms with Crippen LogP contribution >= 0.6 is 23.4 Å². The van der Waals surface area contributed by atoms with Crippen molar-refractivity contribution in [1.82, 2.24) is 9.97 Å². The van der Waals surface area contributed by atoms with E-state index in [-0.39, 0.29) is 0 Å². The van der Waals surface area contributed by atoms with Gasteiger partial charge < -0.3 is 0 Å². The molecule has 13 heavy (non-hydrogen) atoms. The molecule has 0 aromatic carbocycles. The van der Waals surface area contributed by atoms with Gasteiger partial charge in [-0.15, -0.1) is 0 Å². The molecule has 0 bridgehead atoms. The minimum Gasteiger partial charge on any atom is -0.240 e. The van der Waals surface area contributed by atoms with Gasteiger partial charge in [-0.05, 0) is 17.7 Å². The molecule has 1 aromatic heterocycles. The van der Waals surface area contributed by atoms with Gasteiger partial charge in [-0.2, -0.15) is 11.8 Å². The van der Waals surface area contributed by atoms with E-state index in [1.165, 1.54) is 0 Å². The summed E-state index contributed by atoms with van der Waals surface area (Å²) in [6.07, 6.45) is 1.70. The van der Waals surface area contributed by atoms with E-state index in [9.17, 15) is 0 Å². The zero-order chi connectivity index (χ0) is 9.68. The third kappa shape index (κ3) is 4.48. The highest BCUT2D eigenvalue weighted by Gasteiger charge is 1.99. The number of nitrogens with zero attached hydrogens (tertiary/aromatic N) is 2. The summed E-state index contributed by atoms with van der Waals surface area (Å²) in [5.41, 5.74) is 0. The SMILES string of the molecule is CC(C)CSCc1nccc(Cl)n1. The third-order valence-corrected chi connectivity index (χ3v) is 2.93. The molecule has 4 heteroatoms. The largest absolute Gasteiger partial charge is 0.240 e. The van der Waals surface area contributed by atoms with Crippen molar-refractivity contribution in [3.8, 4) is 0 Å². The van der Waals surface area contributed by atoms with Crippen LogP contribution in [0.2, 0.25) is 5.15 Å². The van der Waals surface area contributed by atoms with Crippen molar-refractivity contribution < 1.29 is 0 Å². The van der Waals surface area contributed by atoms with E-state index in [0.717, 1.165) is 17.3 Å². The Morgan fingerprint density at radius 3 is 2.92 bits per heavy atom. The molecule has 1 heterocycles. The first-order valence-electron chi connectivity index (χ1n) is 4.23. The normalized spacial score (nSPS) is 10.8. The van der Waals surface area contributed by atoms with E-state index < -0.39 is 0 Å². The van der Waals surface area contributed by atoms with Gasteiger partial charge in [0.2, 0.25) is 0 Å². The lowest BCUT2D eigenvalue weighted by Gasteiger charge is -2.03. The van der Waals surface area contributed by atoms with Crippen LogP contribution in [0, 0.1) is 5.92 Å². The molecule has 0 unspecified atom stereocenters. The van der Waals surface area contributed by atoms with Gasteiger partial charge in [-0.3, -0.25) is 0 Å². The van der Waals surface area contributed by atoms with Crippen molar-refractivity contribution in [3.63, 3.8) is 0 Å². The Labute approximate surface area is 88.1 Å². The Bertz CT molecular complexity index is 266. The zero-order valence-electron chi connectivity index (χ0n) is 7.83. The number of halogens is 1. The maximum absolute atomic E-state index is 5.73. The molecule has 0 saturated heterocycles. The van der Waals surface area contributed by atoms with Crippen molar-refractivity contribution in [3.05, 3.63) is 23.2 Å². The minimum absolute atomic E-state index is 0.523. The standard InChI is InChI=1S/C9H13ClN2S/c1-7(2)5-13-6-9-11-4-3-8(10)12-9/h3-4,7H,5-6H2,1-2H3. The molecule has 0 atom stereocenters. The van der Waals surface area contributed by atoms with Crippen molar-refractivity contribution in [2.75, 3.05) is 5.75 Å². The van der Waals surface area contributed by atoms with Crippen LogP contribution < -0.4 is 0 Å². The molecule has 0 aliphatic rings. The van der Waals surface area contributed by atoms with Crippen LogP contribution in [0.4, 0.5) is 0 Å². The summed E-state index contributed by atoms with van der Waals surface area (Å²) in [7, 11) is 0. The van der Waals surface area contributed by atoms with E-state index in [4.69, 9.17) is 11.6 Å². The maximum Gasteiger partial charge on any atom is 0.139 e. The molecule has 0 amide bonds. The second-order valence-electron chi connectivity index (χ2n) is 3.20. The van der Waals surface area contributed by atoms with Crippen LogP contribution in [-0.4, -0.2) is 15.7 Å². The summed E-state index contributed by atoms with van der Waals surface area (Å²) in [5, 5.41) is 0.523. The Morgan fingerprint density at radius 2 is 2.31 bits per heavy atom. The number of hydrogen-bond acceptors (Lipinski definition) is 3. The van der Waals surface area contributed by atoms with Gasteiger partial charge in [0.05, 0.1) is 5.75 Å². The van der Waals surface area contributed by atoms with E-state index in [1.807, 2.05) is 11.8 Å². The van der Waals surface area contributed by atoms with Crippen molar-refractivity contribution in [2.24, 2.45) is 5.92 Å². The first kappa shape index (κ1) is 10.8. The highest BCUT2D eigenvalue weighted by Crippen LogP contribution is 2.13. The molecular weight excluding hydrogens is 204 g/mol. The molecule has 0 spiro atoms. The molecule has 1 aromatic rings. The number of thioether (sulfide) groups is 1. The average Bonchev–Trinajstić information content (AvgIpc) is 2.03. The predicted molar refractivity (Wildman–Crippen MR) is 58.0 cm³/mol. The Balaban J connectivity index is 2.37. The van der Waals surface area contributed by atoms with Crippen LogP contribution in [0.5, 0.6) is 0 Å². The van der Waals surface area contributed by atoms with E-state index in [0.29, 0.717) is 11.1 Å². The lowest BCUT2D eigenvalue weighted by atomic mass is 10.3. The topological polar surface area (TPSA) is 25.8 Å². The van der Waals surface area contributed by atoms with Crippen LogP contribution in [0.1, 0.15) is 19.7 Å². The molecular formula is C9H13ClN2S. The molecule has 0 N–H and O–H groups in total. The van der Waals surface area contributed by atoms with Gasteiger partial charge in [0, 0.05) is 6.20 Å². The average molecular weight is 217 g/mol. The van der Waals surface area contributed by atoms with Crippen LogP contribution in [0.15, 0.2) is 12.3 Å². The van der Waals surface area contributed by atoms with E-state index in [1.54, 1.807) is 12.3 Å². The molecule has 0 saturated carbocycles. The lowest BCUT2D eigenvalue weighted by molar-refractivity contribution is 0.749. The molecule has 72 valence electrons. The second kappa shape index (κ2) is 5.45. The minimum atomic E-state index is 0.523. The summed E-state index contributed by atoms with van der Waals surface area (Å²) >= 11 is 7.57. The van der Waals surface area contributed by atoms with Crippen molar-refractivity contribution in [2.45, 2.75) is 19.6 Å². The van der Waals surface area contributed by atoms with Crippen molar-refractivity contribution >= 4 is 23.4 Å². The molecule has 1 rings (SSSR count). The van der Waals surface area contributed by atoms with Gasteiger partial charge in [-0.1, -0.05) is 25.4 Å². The zero-order valence-corrected chi connectivity index (χ0v) is 9.40. The first-order chi connectivity index (χ1) is 6.18. The fraction of sp³-hybridized carbons (Fsp3) is 0.556. The molecule has 0 fully saturated rings. The quantitative estimate of drug-likeness (QED) is 0.724. The highest BCUT2D eigenvalue weighted by atomic mass is 35.5. The van der Waals surface area contributed by atoms with Crippen LogP contribution in [0.25, 0.3) is 0 Å². The second-order valence-corrected chi connectivity index (χ2v) is 4.62. The van der Waals surface area contributed by atoms with Gasteiger partial charge >= 0.3 is 0 Å². The summed E-state index contributed by atoms with van der Waals surface area (Å²) < 4.78 is 0. The predicted octanol–water partition coefficient (Wildman–Crippen LogP) is 3.02. The fourth-order valence-corrected chi connectivity index (χ4v) is 1.89.